The highest BCUT2D eigenvalue weighted by molar-refractivity contribution is 5.96. The topological polar surface area (TPSA) is 105 Å². The van der Waals surface area contributed by atoms with Gasteiger partial charge in [-0.3, -0.25) is 9.59 Å². The molecule has 132 valence electrons. The standard InChI is InChI=1S/C17H24N2O5/c1-17(2,3)24-10-9-13(16(22)23)19-14(20)11-18-15(21)12-7-5-4-6-8-12/h4-8,13H,9-11H2,1-3H3,(H,18,21)(H,19,20)(H,22,23). The number of rotatable bonds is 8. The average molecular weight is 336 g/mol. The second kappa shape index (κ2) is 9.02. The van der Waals surface area contributed by atoms with Crippen LogP contribution in [0.5, 0.6) is 0 Å². The predicted octanol–water partition coefficient (Wildman–Crippen LogP) is 1.19. The van der Waals surface area contributed by atoms with E-state index in [1.54, 1.807) is 30.3 Å². The fraction of sp³-hybridized carbons (Fsp3) is 0.471. The van der Waals surface area contributed by atoms with Gasteiger partial charge in [0.1, 0.15) is 6.04 Å². The van der Waals surface area contributed by atoms with E-state index in [9.17, 15) is 14.4 Å². The van der Waals surface area contributed by atoms with E-state index >= 15 is 0 Å². The van der Waals surface area contributed by atoms with Crippen molar-refractivity contribution in [3.8, 4) is 0 Å². The van der Waals surface area contributed by atoms with E-state index in [0.717, 1.165) is 0 Å². The van der Waals surface area contributed by atoms with E-state index < -0.39 is 23.8 Å². The summed E-state index contributed by atoms with van der Waals surface area (Å²) in [5.74, 6) is -2.11. The van der Waals surface area contributed by atoms with Crippen LogP contribution in [0.25, 0.3) is 0 Å². The van der Waals surface area contributed by atoms with Gasteiger partial charge in [0.2, 0.25) is 5.91 Å². The molecule has 0 aliphatic carbocycles. The third-order valence-electron chi connectivity index (χ3n) is 3.02. The molecule has 0 aliphatic rings. The Balaban J connectivity index is 2.42. The van der Waals surface area contributed by atoms with Crippen LogP contribution in [-0.2, 0) is 14.3 Å². The number of carboxylic acid groups (broad SMARTS) is 1. The molecule has 7 heteroatoms. The molecule has 1 aromatic carbocycles. The Morgan fingerprint density at radius 2 is 1.79 bits per heavy atom. The molecule has 0 aromatic heterocycles. The zero-order chi connectivity index (χ0) is 18.2. The minimum Gasteiger partial charge on any atom is -0.480 e. The van der Waals surface area contributed by atoms with Gasteiger partial charge in [-0.1, -0.05) is 18.2 Å². The summed E-state index contributed by atoms with van der Waals surface area (Å²) < 4.78 is 5.46. The number of ether oxygens (including phenoxy) is 1. The van der Waals surface area contributed by atoms with Gasteiger partial charge >= 0.3 is 5.97 Å². The summed E-state index contributed by atoms with van der Waals surface area (Å²) in [6, 6.07) is 7.39. The first kappa shape index (κ1) is 19.6. The Kier molecular flexibility index (Phi) is 7.38. The summed E-state index contributed by atoms with van der Waals surface area (Å²) in [6.07, 6.45) is 0.144. The lowest BCUT2D eigenvalue weighted by Crippen LogP contribution is -2.46. The number of amides is 2. The third-order valence-corrected chi connectivity index (χ3v) is 3.02. The Bertz CT molecular complexity index is 566. The van der Waals surface area contributed by atoms with Crippen molar-refractivity contribution in [2.45, 2.75) is 38.8 Å². The number of nitrogens with one attached hydrogen (secondary N) is 2. The molecule has 7 nitrogen and oxygen atoms in total. The second-order valence-electron chi connectivity index (χ2n) is 6.26. The lowest BCUT2D eigenvalue weighted by atomic mass is 10.1. The summed E-state index contributed by atoms with van der Waals surface area (Å²) in [7, 11) is 0. The van der Waals surface area contributed by atoms with E-state index in [4.69, 9.17) is 9.84 Å². The molecule has 1 atom stereocenters. The molecule has 1 aromatic rings. The zero-order valence-corrected chi connectivity index (χ0v) is 14.2. The molecule has 0 bridgehead atoms. The lowest BCUT2D eigenvalue weighted by molar-refractivity contribution is -0.142. The van der Waals surface area contributed by atoms with Gasteiger partial charge in [0.25, 0.3) is 5.91 Å². The number of hydrogen-bond acceptors (Lipinski definition) is 4. The minimum absolute atomic E-state index is 0.144. The van der Waals surface area contributed by atoms with Crippen molar-refractivity contribution in [3.05, 3.63) is 35.9 Å². The first-order valence-corrected chi connectivity index (χ1v) is 7.68. The van der Waals surface area contributed by atoms with Crippen molar-refractivity contribution in [3.63, 3.8) is 0 Å². The Labute approximate surface area is 141 Å². The summed E-state index contributed by atoms with van der Waals surface area (Å²) in [4.78, 5) is 34.8. The van der Waals surface area contributed by atoms with Crippen molar-refractivity contribution in [1.29, 1.82) is 0 Å². The number of carboxylic acids is 1. The predicted molar refractivity (Wildman–Crippen MR) is 88.7 cm³/mol. The van der Waals surface area contributed by atoms with Crippen molar-refractivity contribution in [2.75, 3.05) is 13.2 Å². The first-order chi connectivity index (χ1) is 11.2. The monoisotopic (exact) mass is 336 g/mol. The number of carbonyl (C=O) groups is 3. The molecule has 0 saturated heterocycles. The smallest absolute Gasteiger partial charge is 0.326 e. The third kappa shape index (κ3) is 7.73. The maximum Gasteiger partial charge on any atom is 0.326 e. The summed E-state index contributed by atoms with van der Waals surface area (Å²) in [5, 5.41) is 14.0. The maximum absolute atomic E-state index is 11.8. The zero-order valence-electron chi connectivity index (χ0n) is 14.2. The Morgan fingerprint density at radius 3 is 2.33 bits per heavy atom. The van der Waals surface area contributed by atoms with Gasteiger partial charge in [-0.15, -0.1) is 0 Å². The van der Waals surface area contributed by atoms with Crippen LogP contribution in [-0.4, -0.2) is 47.7 Å². The summed E-state index contributed by atoms with van der Waals surface area (Å²) >= 11 is 0. The van der Waals surface area contributed by atoms with E-state index in [1.165, 1.54) is 0 Å². The molecule has 3 N–H and O–H groups in total. The van der Waals surface area contributed by atoms with E-state index in [1.807, 2.05) is 20.8 Å². The molecule has 1 rings (SSSR count). The molecule has 24 heavy (non-hydrogen) atoms. The van der Waals surface area contributed by atoms with Crippen molar-refractivity contribution >= 4 is 17.8 Å². The molecular weight excluding hydrogens is 312 g/mol. The maximum atomic E-state index is 11.8. The van der Waals surface area contributed by atoms with Crippen molar-refractivity contribution in [1.82, 2.24) is 10.6 Å². The molecule has 0 aliphatic heterocycles. The fourth-order valence-corrected chi connectivity index (χ4v) is 1.84. The normalized spacial score (nSPS) is 12.3. The molecule has 0 saturated carbocycles. The van der Waals surface area contributed by atoms with Crippen LogP contribution in [0.1, 0.15) is 37.6 Å². The molecule has 0 heterocycles. The van der Waals surface area contributed by atoms with E-state index in [2.05, 4.69) is 10.6 Å². The highest BCUT2D eigenvalue weighted by Crippen LogP contribution is 2.08. The van der Waals surface area contributed by atoms with Crippen molar-refractivity contribution in [2.24, 2.45) is 0 Å². The molecule has 0 radical (unpaired) electrons. The Hall–Kier alpha value is -2.41. The van der Waals surface area contributed by atoms with Gasteiger partial charge in [-0.2, -0.15) is 0 Å². The van der Waals surface area contributed by atoms with Gasteiger partial charge in [-0.05, 0) is 32.9 Å². The lowest BCUT2D eigenvalue weighted by Gasteiger charge is -2.21. The molecule has 0 spiro atoms. The molecule has 0 fully saturated rings. The van der Waals surface area contributed by atoms with E-state index in [-0.39, 0.29) is 25.2 Å². The molecular formula is C17H24N2O5. The van der Waals surface area contributed by atoms with Crippen LogP contribution in [0.15, 0.2) is 30.3 Å². The minimum atomic E-state index is -1.14. The van der Waals surface area contributed by atoms with Gasteiger partial charge in [-0.25, -0.2) is 4.79 Å². The quantitative estimate of drug-likeness (QED) is 0.661. The van der Waals surface area contributed by atoms with Crippen molar-refractivity contribution < 1.29 is 24.2 Å². The number of benzene rings is 1. The summed E-state index contributed by atoms with van der Waals surface area (Å²) in [6.45, 7) is 5.50. The first-order valence-electron chi connectivity index (χ1n) is 7.68. The number of aliphatic carboxylic acids is 1. The largest absolute Gasteiger partial charge is 0.480 e. The van der Waals surface area contributed by atoms with Crippen LogP contribution < -0.4 is 10.6 Å². The second-order valence-corrected chi connectivity index (χ2v) is 6.26. The summed E-state index contributed by atoms with van der Waals surface area (Å²) in [5.41, 5.74) is 0.0511. The van der Waals surface area contributed by atoms with Gasteiger partial charge in [0.15, 0.2) is 0 Å². The molecule has 1 unspecified atom stereocenters. The van der Waals surface area contributed by atoms with Gasteiger partial charge < -0.3 is 20.5 Å². The average Bonchev–Trinajstić information content (AvgIpc) is 2.51. The molecule has 2 amide bonds. The SMILES string of the molecule is CC(C)(C)OCCC(NC(=O)CNC(=O)c1ccccc1)C(=O)O. The van der Waals surface area contributed by atoms with Gasteiger partial charge in [0.05, 0.1) is 12.1 Å². The van der Waals surface area contributed by atoms with Crippen LogP contribution in [0.2, 0.25) is 0 Å². The van der Waals surface area contributed by atoms with Crippen LogP contribution in [0, 0.1) is 0 Å². The number of hydrogen-bond donors (Lipinski definition) is 3. The Morgan fingerprint density at radius 1 is 1.17 bits per heavy atom. The van der Waals surface area contributed by atoms with Gasteiger partial charge in [0, 0.05) is 18.6 Å². The highest BCUT2D eigenvalue weighted by Gasteiger charge is 2.21. The highest BCUT2D eigenvalue weighted by atomic mass is 16.5. The number of carbonyl (C=O) groups excluding carboxylic acids is 2. The van der Waals surface area contributed by atoms with Crippen LogP contribution in [0.4, 0.5) is 0 Å². The van der Waals surface area contributed by atoms with E-state index in [0.29, 0.717) is 5.56 Å². The van der Waals surface area contributed by atoms with Crippen LogP contribution in [0.3, 0.4) is 0 Å². The van der Waals surface area contributed by atoms with Crippen LogP contribution >= 0.6 is 0 Å². The fourth-order valence-electron chi connectivity index (χ4n) is 1.84.